The van der Waals surface area contributed by atoms with E-state index in [4.69, 9.17) is 0 Å². The van der Waals surface area contributed by atoms with Crippen molar-refractivity contribution in [1.29, 1.82) is 0 Å². The number of hydrogen-bond donors (Lipinski definition) is 0. The van der Waals surface area contributed by atoms with Gasteiger partial charge in [0, 0.05) is 10.9 Å². The minimum Gasteiger partial charge on any atom is -0.294 e. The van der Waals surface area contributed by atoms with Gasteiger partial charge < -0.3 is 0 Å². The fraction of sp³-hybridized carbons (Fsp3) is 0.217. The first-order chi connectivity index (χ1) is 13.3. The zero-order chi connectivity index (χ0) is 18.2. The predicted octanol–water partition coefficient (Wildman–Crippen LogP) is 5.05. The van der Waals surface area contributed by atoms with Crippen LogP contribution < -0.4 is 5.56 Å². The van der Waals surface area contributed by atoms with Crippen LogP contribution in [0, 0.1) is 0 Å². The fourth-order valence-corrected chi connectivity index (χ4v) is 4.88. The van der Waals surface area contributed by atoms with E-state index in [9.17, 15) is 4.79 Å². The lowest BCUT2D eigenvalue weighted by atomic mass is 9.89. The van der Waals surface area contributed by atoms with Gasteiger partial charge in [0.15, 0.2) is 0 Å². The molecule has 134 valence electrons. The highest BCUT2D eigenvalue weighted by Crippen LogP contribution is 2.33. The molecule has 4 aromatic rings. The highest BCUT2D eigenvalue weighted by Gasteiger charge is 2.16. The van der Waals surface area contributed by atoms with E-state index >= 15 is 0 Å². The summed E-state index contributed by atoms with van der Waals surface area (Å²) in [6.45, 7) is 0.544. The van der Waals surface area contributed by atoms with Crippen LogP contribution in [0.15, 0.2) is 65.0 Å². The molecule has 2 aromatic carbocycles. The van der Waals surface area contributed by atoms with E-state index in [1.54, 1.807) is 22.2 Å². The summed E-state index contributed by atoms with van der Waals surface area (Å²) < 4.78 is 1.71. The molecule has 5 rings (SSSR count). The molecule has 1 aliphatic carbocycles. The lowest BCUT2D eigenvalue weighted by Gasteiger charge is -2.16. The molecule has 0 atom stereocenters. The van der Waals surface area contributed by atoms with Crippen LogP contribution in [0.5, 0.6) is 0 Å². The second-order valence-electron chi connectivity index (χ2n) is 7.18. The Morgan fingerprint density at radius 1 is 1.00 bits per heavy atom. The molecule has 1 aliphatic rings. The Labute approximate surface area is 161 Å². The summed E-state index contributed by atoms with van der Waals surface area (Å²) in [6.07, 6.45) is 6.52. The van der Waals surface area contributed by atoms with Crippen molar-refractivity contribution in [1.82, 2.24) is 9.55 Å². The number of thiophene rings is 1. The molecule has 0 fully saturated rings. The van der Waals surface area contributed by atoms with Crippen LogP contribution in [0.2, 0.25) is 0 Å². The maximum absolute atomic E-state index is 13.2. The monoisotopic (exact) mass is 372 g/mol. The minimum atomic E-state index is 0.0397. The van der Waals surface area contributed by atoms with Crippen molar-refractivity contribution >= 4 is 21.6 Å². The summed E-state index contributed by atoms with van der Waals surface area (Å²) in [5.74, 6) is 0. The van der Waals surface area contributed by atoms with Crippen molar-refractivity contribution in [3.8, 4) is 11.1 Å². The largest absolute Gasteiger partial charge is 0.294 e. The van der Waals surface area contributed by atoms with Gasteiger partial charge in [0.25, 0.3) is 5.56 Å². The maximum Gasteiger partial charge on any atom is 0.263 e. The third-order valence-electron chi connectivity index (χ3n) is 5.42. The van der Waals surface area contributed by atoms with Crippen molar-refractivity contribution in [3.05, 3.63) is 87.3 Å². The van der Waals surface area contributed by atoms with Gasteiger partial charge in [-0.25, -0.2) is 4.98 Å². The number of fused-ring (bicyclic) bond motifs is 2. The molecule has 0 bridgehead atoms. The van der Waals surface area contributed by atoms with Crippen LogP contribution in [0.25, 0.3) is 21.3 Å². The third kappa shape index (κ3) is 3.00. The van der Waals surface area contributed by atoms with Gasteiger partial charge in [-0.05, 0) is 47.9 Å². The van der Waals surface area contributed by atoms with Gasteiger partial charge in [-0.1, -0.05) is 48.5 Å². The summed E-state index contributed by atoms with van der Waals surface area (Å²) in [6, 6.07) is 16.7. The van der Waals surface area contributed by atoms with Crippen LogP contribution in [-0.2, 0) is 19.4 Å². The van der Waals surface area contributed by atoms with Gasteiger partial charge in [-0.15, -0.1) is 11.3 Å². The highest BCUT2D eigenvalue weighted by molar-refractivity contribution is 7.17. The van der Waals surface area contributed by atoms with Crippen molar-refractivity contribution in [2.75, 3.05) is 0 Å². The first-order valence-corrected chi connectivity index (χ1v) is 10.3. The number of aromatic nitrogens is 2. The Hall–Kier alpha value is -2.72. The number of benzene rings is 2. The molecule has 3 nitrogen and oxygen atoms in total. The van der Waals surface area contributed by atoms with Gasteiger partial charge >= 0.3 is 0 Å². The van der Waals surface area contributed by atoms with Gasteiger partial charge in [-0.2, -0.15) is 0 Å². The average Bonchev–Trinajstić information content (AvgIpc) is 3.15. The van der Waals surface area contributed by atoms with E-state index < -0.39 is 0 Å². The Kier molecular flexibility index (Phi) is 4.13. The summed E-state index contributed by atoms with van der Waals surface area (Å²) in [4.78, 5) is 18.6. The van der Waals surface area contributed by atoms with E-state index in [0.717, 1.165) is 33.3 Å². The van der Waals surface area contributed by atoms with Gasteiger partial charge in [-0.3, -0.25) is 9.36 Å². The minimum absolute atomic E-state index is 0.0397. The molecule has 0 aliphatic heterocycles. The SMILES string of the molecule is O=c1c2c(-c3ccc4c(c3)CCCC4)csc2ncn1Cc1ccccc1. The predicted molar refractivity (Wildman–Crippen MR) is 112 cm³/mol. The third-order valence-corrected chi connectivity index (χ3v) is 6.30. The second-order valence-corrected chi connectivity index (χ2v) is 8.04. The van der Waals surface area contributed by atoms with Crippen LogP contribution in [-0.4, -0.2) is 9.55 Å². The molecule has 0 N–H and O–H groups in total. The molecule has 2 aromatic heterocycles. The smallest absolute Gasteiger partial charge is 0.263 e. The van der Waals surface area contributed by atoms with E-state index in [0.29, 0.717) is 6.54 Å². The maximum atomic E-state index is 13.2. The molecular formula is C23H20N2OS. The molecule has 4 heteroatoms. The van der Waals surface area contributed by atoms with Crippen LogP contribution >= 0.6 is 11.3 Å². The van der Waals surface area contributed by atoms with E-state index in [1.165, 1.54) is 30.4 Å². The van der Waals surface area contributed by atoms with E-state index in [1.807, 2.05) is 30.3 Å². The van der Waals surface area contributed by atoms with Crippen molar-refractivity contribution in [2.24, 2.45) is 0 Å². The van der Waals surface area contributed by atoms with Crippen LogP contribution in [0.1, 0.15) is 29.5 Å². The lowest BCUT2D eigenvalue weighted by Crippen LogP contribution is -2.20. The molecule has 0 spiro atoms. The molecular weight excluding hydrogens is 352 g/mol. The Morgan fingerprint density at radius 2 is 1.81 bits per heavy atom. The average molecular weight is 372 g/mol. The summed E-state index contributed by atoms with van der Waals surface area (Å²) >= 11 is 1.55. The van der Waals surface area contributed by atoms with Gasteiger partial charge in [0.2, 0.25) is 0 Å². The first kappa shape index (κ1) is 16.5. The molecule has 27 heavy (non-hydrogen) atoms. The Balaban J connectivity index is 1.61. The summed E-state index contributed by atoms with van der Waals surface area (Å²) in [5, 5.41) is 2.82. The first-order valence-electron chi connectivity index (χ1n) is 9.42. The summed E-state index contributed by atoms with van der Waals surface area (Å²) in [5.41, 5.74) is 6.20. The number of nitrogens with zero attached hydrogens (tertiary/aromatic N) is 2. The van der Waals surface area contributed by atoms with Crippen molar-refractivity contribution in [3.63, 3.8) is 0 Å². The molecule has 0 saturated carbocycles. The zero-order valence-corrected chi connectivity index (χ0v) is 15.8. The van der Waals surface area contributed by atoms with Gasteiger partial charge in [0.05, 0.1) is 18.3 Å². The molecule has 0 saturated heterocycles. The second kappa shape index (κ2) is 6.78. The quantitative estimate of drug-likeness (QED) is 0.504. The zero-order valence-electron chi connectivity index (χ0n) is 15.0. The number of rotatable bonds is 3. The normalized spacial score (nSPS) is 13.6. The van der Waals surface area contributed by atoms with Gasteiger partial charge in [0.1, 0.15) is 4.83 Å². The Bertz CT molecular complexity index is 1170. The van der Waals surface area contributed by atoms with E-state index in [2.05, 4.69) is 28.6 Å². The lowest BCUT2D eigenvalue weighted by molar-refractivity contribution is 0.686. The molecule has 0 radical (unpaired) electrons. The molecule has 0 unspecified atom stereocenters. The van der Waals surface area contributed by atoms with Crippen LogP contribution in [0.3, 0.4) is 0 Å². The molecule has 2 heterocycles. The Morgan fingerprint density at radius 3 is 2.67 bits per heavy atom. The van der Waals surface area contributed by atoms with Crippen molar-refractivity contribution in [2.45, 2.75) is 32.2 Å². The number of hydrogen-bond acceptors (Lipinski definition) is 3. The summed E-state index contributed by atoms with van der Waals surface area (Å²) in [7, 11) is 0. The molecule has 0 amide bonds. The fourth-order valence-electron chi connectivity index (χ4n) is 3.97. The van der Waals surface area contributed by atoms with Crippen LogP contribution in [0.4, 0.5) is 0 Å². The van der Waals surface area contributed by atoms with E-state index in [-0.39, 0.29) is 5.56 Å². The topological polar surface area (TPSA) is 34.9 Å². The standard InChI is InChI=1S/C23H20N2OS/c26-23-21-20(19-11-10-17-8-4-5-9-18(17)12-19)14-27-22(21)24-15-25(23)13-16-6-2-1-3-7-16/h1-3,6-7,10-12,14-15H,4-5,8-9,13H2. The number of aryl methyl sites for hydroxylation is 2. The highest BCUT2D eigenvalue weighted by atomic mass is 32.1. The van der Waals surface area contributed by atoms with Crippen molar-refractivity contribution < 1.29 is 0 Å².